The molecule has 0 unspecified atom stereocenters. The number of fused-ring (bicyclic) bond motifs is 5. The van der Waals surface area contributed by atoms with Crippen LogP contribution in [0.1, 0.15) is 18.3 Å². The lowest BCUT2D eigenvalue weighted by atomic mass is 10.1. The molecule has 26 heavy (non-hydrogen) atoms. The molecule has 1 aliphatic heterocycles. The number of aryl methyl sites for hydroxylation is 2. The summed E-state index contributed by atoms with van der Waals surface area (Å²) in [5.74, 6) is 1.59. The van der Waals surface area contributed by atoms with Crippen molar-refractivity contribution in [2.24, 2.45) is 0 Å². The highest BCUT2D eigenvalue weighted by molar-refractivity contribution is 5.95. The summed E-state index contributed by atoms with van der Waals surface area (Å²) in [7, 11) is 0. The van der Waals surface area contributed by atoms with Crippen molar-refractivity contribution in [3.63, 3.8) is 0 Å². The largest absolute Gasteiger partial charge is 0.338 e. The Morgan fingerprint density at radius 3 is 2.92 bits per heavy atom. The Morgan fingerprint density at radius 1 is 1.12 bits per heavy atom. The van der Waals surface area contributed by atoms with Crippen LogP contribution < -0.4 is 5.32 Å². The molecular weight excluding hydrogens is 326 g/mol. The molecule has 0 fully saturated rings. The summed E-state index contributed by atoms with van der Waals surface area (Å²) in [5, 5.41) is 10.8. The van der Waals surface area contributed by atoms with Crippen LogP contribution in [0.3, 0.4) is 0 Å². The third kappa shape index (κ3) is 2.07. The molecule has 0 aromatic carbocycles. The minimum absolute atomic E-state index is 0.776. The molecule has 0 bridgehead atoms. The first-order valence-corrected chi connectivity index (χ1v) is 8.57. The summed E-state index contributed by atoms with van der Waals surface area (Å²) >= 11 is 0. The van der Waals surface area contributed by atoms with E-state index >= 15 is 0 Å². The number of pyridine rings is 2. The molecule has 0 atom stereocenters. The van der Waals surface area contributed by atoms with E-state index in [-0.39, 0.29) is 0 Å². The molecule has 4 aromatic heterocycles. The molecule has 0 saturated carbocycles. The van der Waals surface area contributed by atoms with Crippen LogP contribution >= 0.6 is 0 Å². The van der Waals surface area contributed by atoms with E-state index in [4.69, 9.17) is 4.98 Å². The summed E-state index contributed by atoms with van der Waals surface area (Å²) in [6, 6.07) is 5.94. The minimum atomic E-state index is 0.776. The zero-order valence-corrected chi connectivity index (χ0v) is 14.5. The van der Waals surface area contributed by atoms with Crippen molar-refractivity contribution in [2.45, 2.75) is 20.3 Å². The van der Waals surface area contributed by atoms with Gasteiger partial charge in [-0.3, -0.25) is 10.1 Å². The quantitative estimate of drug-likeness (QED) is 0.452. The minimum Gasteiger partial charge on any atom is -0.338 e. The molecule has 0 amide bonds. The maximum atomic E-state index is 4.95. The number of imidazole rings is 1. The van der Waals surface area contributed by atoms with Crippen LogP contribution in [-0.2, 0) is 6.42 Å². The second kappa shape index (κ2) is 5.52. The third-order valence-electron chi connectivity index (χ3n) is 4.70. The van der Waals surface area contributed by atoms with Crippen molar-refractivity contribution in [3.05, 3.63) is 48.2 Å². The van der Waals surface area contributed by atoms with Gasteiger partial charge in [-0.2, -0.15) is 5.10 Å². The van der Waals surface area contributed by atoms with E-state index in [0.29, 0.717) is 0 Å². The number of aromatic nitrogens is 6. The standard InChI is InChI=1S/C19H17N7/c1-3-13-15(10(2)25-26-13)19-23-16-11-6-8-20-9-14(11)22-18-12(17(16)24-19)5-4-7-21-18/h4-9H,3H2,1-2H3,(H,21,22)(H,23,24)(H,25,26). The molecule has 1 aliphatic rings. The summed E-state index contributed by atoms with van der Waals surface area (Å²) in [6.07, 6.45) is 6.21. The van der Waals surface area contributed by atoms with Crippen LogP contribution in [0.4, 0.5) is 11.5 Å². The van der Waals surface area contributed by atoms with E-state index in [1.54, 1.807) is 12.4 Å². The van der Waals surface area contributed by atoms with Gasteiger partial charge in [0, 0.05) is 29.2 Å². The Labute approximate surface area is 150 Å². The lowest BCUT2D eigenvalue weighted by molar-refractivity contribution is 0.962. The lowest BCUT2D eigenvalue weighted by Gasteiger charge is -2.07. The Kier molecular flexibility index (Phi) is 3.15. The van der Waals surface area contributed by atoms with Gasteiger partial charge in [-0.25, -0.2) is 9.97 Å². The number of hydrogen-bond donors (Lipinski definition) is 3. The summed E-state index contributed by atoms with van der Waals surface area (Å²) < 4.78 is 0. The second-order valence-electron chi connectivity index (χ2n) is 6.28. The van der Waals surface area contributed by atoms with E-state index in [1.807, 2.05) is 31.3 Å². The molecular formula is C19H17N7. The van der Waals surface area contributed by atoms with Gasteiger partial charge in [0.1, 0.15) is 17.3 Å². The van der Waals surface area contributed by atoms with Crippen molar-refractivity contribution < 1.29 is 0 Å². The maximum Gasteiger partial charge on any atom is 0.142 e. The zero-order valence-electron chi connectivity index (χ0n) is 14.5. The van der Waals surface area contributed by atoms with Crippen LogP contribution in [0.2, 0.25) is 0 Å². The predicted molar refractivity (Wildman–Crippen MR) is 100 cm³/mol. The van der Waals surface area contributed by atoms with Crippen molar-refractivity contribution in [1.29, 1.82) is 0 Å². The van der Waals surface area contributed by atoms with Crippen LogP contribution in [-0.4, -0.2) is 30.1 Å². The molecule has 0 aliphatic carbocycles. The first kappa shape index (κ1) is 14.8. The topological polar surface area (TPSA) is 95.2 Å². The van der Waals surface area contributed by atoms with E-state index in [1.165, 1.54) is 0 Å². The molecule has 4 aromatic rings. The van der Waals surface area contributed by atoms with Crippen LogP contribution in [0.25, 0.3) is 33.9 Å². The van der Waals surface area contributed by atoms with Gasteiger partial charge in [0.25, 0.3) is 0 Å². The highest BCUT2D eigenvalue weighted by Crippen LogP contribution is 2.43. The van der Waals surface area contributed by atoms with E-state index in [9.17, 15) is 0 Å². The number of nitrogens with one attached hydrogen (secondary N) is 3. The van der Waals surface area contributed by atoms with Crippen molar-refractivity contribution in [3.8, 4) is 33.9 Å². The predicted octanol–water partition coefficient (Wildman–Crippen LogP) is 3.85. The van der Waals surface area contributed by atoms with E-state index < -0.39 is 0 Å². The highest BCUT2D eigenvalue weighted by atomic mass is 15.1. The third-order valence-corrected chi connectivity index (χ3v) is 4.70. The molecule has 5 heterocycles. The first-order chi connectivity index (χ1) is 12.8. The zero-order chi connectivity index (χ0) is 17.7. The van der Waals surface area contributed by atoms with Crippen molar-refractivity contribution in [2.75, 3.05) is 5.32 Å². The Bertz CT molecular complexity index is 1060. The second-order valence-corrected chi connectivity index (χ2v) is 6.28. The van der Waals surface area contributed by atoms with Gasteiger partial charge < -0.3 is 10.3 Å². The lowest BCUT2D eigenvalue weighted by Crippen LogP contribution is -1.96. The molecule has 0 spiro atoms. The molecule has 5 rings (SSSR count). The Morgan fingerprint density at radius 2 is 2.04 bits per heavy atom. The molecule has 0 saturated heterocycles. The number of anilines is 2. The number of nitrogens with zero attached hydrogens (tertiary/aromatic N) is 4. The molecule has 7 heteroatoms. The first-order valence-electron chi connectivity index (χ1n) is 8.57. The highest BCUT2D eigenvalue weighted by Gasteiger charge is 2.25. The number of H-pyrrole nitrogens is 2. The van der Waals surface area contributed by atoms with Crippen LogP contribution in [0.5, 0.6) is 0 Å². The smallest absolute Gasteiger partial charge is 0.142 e. The van der Waals surface area contributed by atoms with Crippen LogP contribution in [0.15, 0.2) is 36.8 Å². The number of hydrogen-bond acceptors (Lipinski definition) is 5. The van der Waals surface area contributed by atoms with Gasteiger partial charge in [0.05, 0.1) is 28.8 Å². The molecule has 128 valence electrons. The van der Waals surface area contributed by atoms with Crippen molar-refractivity contribution in [1.82, 2.24) is 30.1 Å². The van der Waals surface area contributed by atoms with E-state index in [0.717, 1.165) is 63.2 Å². The fourth-order valence-corrected chi connectivity index (χ4v) is 3.47. The molecule has 3 N–H and O–H groups in total. The van der Waals surface area contributed by atoms with Crippen molar-refractivity contribution >= 4 is 11.5 Å². The van der Waals surface area contributed by atoms with Gasteiger partial charge in [0.2, 0.25) is 0 Å². The number of aromatic amines is 2. The van der Waals surface area contributed by atoms with Gasteiger partial charge in [-0.1, -0.05) is 6.92 Å². The number of rotatable bonds is 2. The van der Waals surface area contributed by atoms with Crippen LogP contribution in [0, 0.1) is 6.92 Å². The fourth-order valence-electron chi connectivity index (χ4n) is 3.47. The maximum absolute atomic E-state index is 4.95. The Balaban J connectivity index is 1.82. The van der Waals surface area contributed by atoms with Gasteiger partial charge in [-0.15, -0.1) is 0 Å². The normalized spacial score (nSPS) is 11.9. The molecule has 7 nitrogen and oxygen atoms in total. The monoisotopic (exact) mass is 343 g/mol. The average Bonchev–Trinajstić information content (AvgIpc) is 3.22. The van der Waals surface area contributed by atoms with E-state index in [2.05, 4.69) is 37.4 Å². The average molecular weight is 343 g/mol. The SMILES string of the molecule is CCc1n[nH]c(C)c1-c1nc2c([nH]1)-c1ccncc1Nc1ncccc1-2. The summed E-state index contributed by atoms with van der Waals surface area (Å²) in [4.78, 5) is 17.2. The Hall–Kier alpha value is -3.48. The summed E-state index contributed by atoms with van der Waals surface area (Å²) in [5.41, 5.74) is 7.76. The van der Waals surface area contributed by atoms with Gasteiger partial charge in [0.15, 0.2) is 0 Å². The van der Waals surface area contributed by atoms with Gasteiger partial charge >= 0.3 is 0 Å². The molecule has 0 radical (unpaired) electrons. The summed E-state index contributed by atoms with van der Waals surface area (Å²) in [6.45, 7) is 4.11. The fraction of sp³-hybridized carbons (Fsp3) is 0.158. The van der Waals surface area contributed by atoms with Gasteiger partial charge in [-0.05, 0) is 31.5 Å².